The van der Waals surface area contributed by atoms with Gasteiger partial charge in [0.1, 0.15) is 12.4 Å². The smallest absolute Gasteiger partial charge is 0.350 e. The Labute approximate surface area is 140 Å². The summed E-state index contributed by atoms with van der Waals surface area (Å²) in [4.78, 5) is 19.3. The number of rotatable bonds is 3. The second-order valence-electron chi connectivity index (χ2n) is 4.85. The summed E-state index contributed by atoms with van der Waals surface area (Å²) in [6.45, 7) is 1.56. The quantitative estimate of drug-likeness (QED) is 0.557. The van der Waals surface area contributed by atoms with Crippen LogP contribution < -0.4 is 5.69 Å². The Hall–Kier alpha value is -2.63. The summed E-state index contributed by atoms with van der Waals surface area (Å²) in [5.41, 5.74) is 2.04. The topological polar surface area (TPSA) is 83.3 Å². The van der Waals surface area contributed by atoms with Crippen LogP contribution >= 0.6 is 11.8 Å². The number of aromatic amines is 1. The van der Waals surface area contributed by atoms with Gasteiger partial charge in [0.25, 0.3) is 0 Å². The molecule has 0 radical (unpaired) electrons. The van der Waals surface area contributed by atoms with E-state index in [1.54, 1.807) is 19.1 Å². The van der Waals surface area contributed by atoms with Gasteiger partial charge < -0.3 is 5.11 Å². The molecule has 0 aliphatic carbocycles. The third kappa shape index (κ3) is 3.18. The van der Waals surface area contributed by atoms with Gasteiger partial charge in [0.2, 0.25) is 0 Å². The number of aliphatic hydroxyl groups excluding tert-OH is 1. The minimum absolute atomic E-state index is 0.208. The fourth-order valence-corrected chi connectivity index (χ4v) is 2.88. The summed E-state index contributed by atoms with van der Waals surface area (Å²) in [6.07, 6.45) is 0. The summed E-state index contributed by atoms with van der Waals surface area (Å²) >= 11 is 1.25. The molecule has 0 amide bonds. The van der Waals surface area contributed by atoms with Crippen LogP contribution in [-0.4, -0.2) is 37.0 Å². The molecule has 3 aromatic rings. The molecule has 3 rings (SSSR count). The van der Waals surface area contributed by atoms with E-state index in [1.165, 1.54) is 28.4 Å². The van der Waals surface area contributed by atoms with Crippen LogP contribution in [0, 0.1) is 24.6 Å². The van der Waals surface area contributed by atoms with E-state index in [4.69, 9.17) is 5.11 Å². The Morgan fingerprint density at radius 3 is 2.79 bits per heavy atom. The van der Waals surface area contributed by atoms with Crippen molar-refractivity contribution < 1.29 is 9.50 Å². The summed E-state index contributed by atoms with van der Waals surface area (Å²) in [5.74, 6) is 5.33. The zero-order valence-corrected chi connectivity index (χ0v) is 13.5. The highest BCUT2D eigenvalue weighted by Gasteiger charge is 2.16. The Morgan fingerprint density at radius 1 is 1.33 bits per heavy atom. The monoisotopic (exact) mass is 344 g/mol. The lowest BCUT2D eigenvalue weighted by molar-refractivity contribution is 0.350. The van der Waals surface area contributed by atoms with E-state index in [0.29, 0.717) is 27.8 Å². The van der Waals surface area contributed by atoms with E-state index < -0.39 is 5.69 Å². The molecule has 0 unspecified atom stereocenters. The molecule has 0 spiro atoms. The molecule has 0 atom stereocenters. The molecule has 0 saturated carbocycles. The van der Waals surface area contributed by atoms with Gasteiger partial charge in [0.15, 0.2) is 10.8 Å². The van der Waals surface area contributed by atoms with Crippen molar-refractivity contribution in [2.24, 2.45) is 0 Å². The molecule has 2 heterocycles. The van der Waals surface area contributed by atoms with Gasteiger partial charge in [-0.1, -0.05) is 35.7 Å². The summed E-state index contributed by atoms with van der Waals surface area (Å²) in [6, 6.07) is 5.96. The maximum absolute atomic E-state index is 13.1. The molecule has 0 saturated heterocycles. The van der Waals surface area contributed by atoms with Crippen molar-refractivity contribution in [3.8, 4) is 23.0 Å². The van der Waals surface area contributed by atoms with Crippen LogP contribution in [-0.2, 0) is 0 Å². The van der Waals surface area contributed by atoms with Gasteiger partial charge in [0.05, 0.1) is 11.4 Å². The molecule has 8 heteroatoms. The Bertz CT molecular complexity index is 999. The van der Waals surface area contributed by atoms with E-state index in [-0.39, 0.29) is 12.4 Å². The van der Waals surface area contributed by atoms with Crippen molar-refractivity contribution in [3.05, 3.63) is 46.3 Å². The fraction of sp³-hybridized carbons (Fsp3) is 0.188. The van der Waals surface area contributed by atoms with Crippen LogP contribution in [0.3, 0.4) is 0 Å². The van der Waals surface area contributed by atoms with E-state index in [1.807, 2.05) is 0 Å². The second-order valence-corrected chi connectivity index (χ2v) is 5.81. The Kier molecular flexibility index (Phi) is 4.64. The molecule has 122 valence electrons. The first-order valence-electron chi connectivity index (χ1n) is 7.05. The number of hydrogen-bond donors (Lipinski definition) is 2. The number of benzene rings is 1. The van der Waals surface area contributed by atoms with Gasteiger partial charge in [-0.2, -0.15) is 9.61 Å². The lowest BCUT2D eigenvalue weighted by atomic mass is 10.1. The van der Waals surface area contributed by atoms with Gasteiger partial charge in [0, 0.05) is 5.56 Å². The number of aryl methyl sites for hydroxylation is 1. The predicted molar refractivity (Wildman–Crippen MR) is 89.3 cm³/mol. The largest absolute Gasteiger partial charge is 0.384 e. The lowest BCUT2D eigenvalue weighted by Crippen LogP contribution is -2.19. The molecule has 1 aromatic carbocycles. The van der Waals surface area contributed by atoms with Crippen molar-refractivity contribution in [1.82, 2.24) is 19.6 Å². The summed E-state index contributed by atoms with van der Waals surface area (Å²) < 4.78 is 14.3. The lowest BCUT2D eigenvalue weighted by Gasteiger charge is -2.02. The number of thioether (sulfide) groups is 1. The maximum atomic E-state index is 13.1. The van der Waals surface area contributed by atoms with E-state index in [2.05, 4.69) is 26.9 Å². The maximum Gasteiger partial charge on any atom is 0.350 e. The highest BCUT2D eigenvalue weighted by atomic mass is 32.2. The SMILES string of the molecule is Cc1nn2c(=O)[nH]c(SCC#CCO)nc2c1-c1ccc(F)cc1. The minimum atomic E-state index is -0.408. The standard InChI is InChI=1S/C16H13FN4O2S/c1-10-13(11-4-6-12(17)7-5-11)14-18-15(24-9-3-2-8-22)19-16(23)21(14)20-10/h4-7,22H,8-9H2,1H3,(H,18,19,23). The third-order valence-corrected chi connectivity index (χ3v) is 4.02. The Morgan fingerprint density at radius 2 is 2.08 bits per heavy atom. The molecule has 0 bridgehead atoms. The zero-order chi connectivity index (χ0) is 17.1. The number of fused-ring (bicyclic) bond motifs is 1. The van der Waals surface area contributed by atoms with Crippen LogP contribution in [0.1, 0.15) is 5.69 Å². The van der Waals surface area contributed by atoms with Crippen LogP contribution in [0.15, 0.2) is 34.2 Å². The number of nitrogens with zero attached hydrogens (tertiary/aromatic N) is 3. The molecule has 2 aromatic heterocycles. The average molecular weight is 344 g/mol. The molecule has 0 fully saturated rings. The van der Waals surface area contributed by atoms with E-state index in [9.17, 15) is 9.18 Å². The van der Waals surface area contributed by atoms with Crippen molar-refractivity contribution in [2.75, 3.05) is 12.4 Å². The zero-order valence-electron chi connectivity index (χ0n) is 12.7. The van der Waals surface area contributed by atoms with Crippen LogP contribution in [0.4, 0.5) is 4.39 Å². The van der Waals surface area contributed by atoms with E-state index >= 15 is 0 Å². The van der Waals surface area contributed by atoms with Crippen molar-refractivity contribution >= 4 is 17.4 Å². The first-order valence-corrected chi connectivity index (χ1v) is 8.03. The van der Waals surface area contributed by atoms with Gasteiger partial charge in [-0.05, 0) is 24.6 Å². The number of hydrogen-bond acceptors (Lipinski definition) is 5. The molecule has 0 aliphatic heterocycles. The Balaban J connectivity index is 2.09. The van der Waals surface area contributed by atoms with Gasteiger partial charge in [-0.25, -0.2) is 14.2 Å². The molecule has 6 nitrogen and oxygen atoms in total. The van der Waals surface area contributed by atoms with Crippen LogP contribution in [0.2, 0.25) is 0 Å². The summed E-state index contributed by atoms with van der Waals surface area (Å²) in [7, 11) is 0. The summed E-state index contributed by atoms with van der Waals surface area (Å²) in [5, 5.41) is 13.3. The normalized spacial score (nSPS) is 10.6. The van der Waals surface area contributed by atoms with Crippen LogP contribution in [0.5, 0.6) is 0 Å². The van der Waals surface area contributed by atoms with Crippen molar-refractivity contribution in [1.29, 1.82) is 0 Å². The van der Waals surface area contributed by atoms with Gasteiger partial charge in [-0.3, -0.25) is 4.98 Å². The molecular formula is C16H13FN4O2S. The molecule has 24 heavy (non-hydrogen) atoms. The number of nitrogens with one attached hydrogen (secondary N) is 1. The van der Waals surface area contributed by atoms with E-state index in [0.717, 1.165) is 5.56 Å². The number of H-pyrrole nitrogens is 1. The predicted octanol–water partition coefficient (Wildman–Crippen LogP) is 1.62. The highest BCUT2D eigenvalue weighted by Crippen LogP contribution is 2.27. The fourth-order valence-electron chi connectivity index (χ4n) is 2.26. The molecular weight excluding hydrogens is 331 g/mol. The van der Waals surface area contributed by atoms with Gasteiger partial charge in [-0.15, -0.1) is 0 Å². The first kappa shape index (κ1) is 16.2. The molecule has 2 N–H and O–H groups in total. The highest BCUT2D eigenvalue weighted by molar-refractivity contribution is 7.99. The first-order chi connectivity index (χ1) is 11.6. The van der Waals surface area contributed by atoms with Crippen molar-refractivity contribution in [3.63, 3.8) is 0 Å². The number of aromatic nitrogens is 4. The third-order valence-electron chi connectivity index (χ3n) is 3.27. The number of aliphatic hydroxyl groups is 1. The van der Waals surface area contributed by atoms with Gasteiger partial charge >= 0.3 is 5.69 Å². The molecule has 0 aliphatic rings. The second kappa shape index (κ2) is 6.86. The van der Waals surface area contributed by atoms with Crippen molar-refractivity contribution in [2.45, 2.75) is 12.1 Å². The number of halogens is 1. The minimum Gasteiger partial charge on any atom is -0.384 e. The van der Waals surface area contributed by atoms with Crippen LogP contribution in [0.25, 0.3) is 16.8 Å². The average Bonchev–Trinajstić information content (AvgIpc) is 2.89.